The highest BCUT2D eigenvalue weighted by molar-refractivity contribution is 6.33. The highest BCUT2D eigenvalue weighted by Crippen LogP contribution is 2.23. The number of pyridine rings is 1. The quantitative estimate of drug-likeness (QED) is 0.606. The molecule has 1 aliphatic heterocycles. The summed E-state index contributed by atoms with van der Waals surface area (Å²) in [5, 5.41) is 14.0. The van der Waals surface area contributed by atoms with E-state index in [1.165, 1.54) is 23.8 Å². The third-order valence-electron chi connectivity index (χ3n) is 4.82. The van der Waals surface area contributed by atoms with Gasteiger partial charge in [-0.05, 0) is 55.6 Å². The second-order valence-corrected chi connectivity index (χ2v) is 7.11. The smallest absolute Gasteiger partial charge is 0.270 e. The Labute approximate surface area is 162 Å². The third kappa shape index (κ3) is 5.24. The van der Waals surface area contributed by atoms with Crippen molar-refractivity contribution < 1.29 is 9.72 Å². The normalized spacial score (nSPS) is 15.4. The second-order valence-electron chi connectivity index (χ2n) is 6.71. The first-order valence-corrected chi connectivity index (χ1v) is 9.24. The fraction of sp³-hybridized carbons (Fsp3) is 0.368. The highest BCUT2D eigenvalue weighted by Gasteiger charge is 2.21. The first kappa shape index (κ1) is 19.3. The Bertz CT molecular complexity index is 808. The van der Waals surface area contributed by atoms with Gasteiger partial charge in [0.25, 0.3) is 11.6 Å². The molecule has 7 nitrogen and oxygen atoms in total. The summed E-state index contributed by atoms with van der Waals surface area (Å²) in [5.41, 5.74) is 1.24. The average Bonchev–Trinajstić information content (AvgIpc) is 2.68. The lowest BCUT2D eigenvalue weighted by Crippen LogP contribution is -2.38. The number of nitro benzene ring substituents is 1. The molecular formula is C19H21ClN4O3. The molecule has 1 aromatic heterocycles. The minimum Gasteiger partial charge on any atom is -0.352 e. The summed E-state index contributed by atoms with van der Waals surface area (Å²) in [7, 11) is 0. The molecule has 0 bridgehead atoms. The lowest BCUT2D eigenvalue weighted by atomic mass is 9.96. The lowest BCUT2D eigenvalue weighted by molar-refractivity contribution is -0.384. The lowest BCUT2D eigenvalue weighted by Gasteiger charge is -2.32. The molecule has 0 aliphatic carbocycles. The molecule has 0 atom stereocenters. The monoisotopic (exact) mass is 388 g/mol. The molecule has 3 rings (SSSR count). The SMILES string of the molecule is O=C(NCC1CCN(Cc2ccncc2)CC1)c1cc([N+](=O)[O-])ccc1Cl. The van der Waals surface area contributed by atoms with Crippen LogP contribution in [0.1, 0.15) is 28.8 Å². The number of hydrogen-bond donors (Lipinski definition) is 1. The Morgan fingerprint density at radius 1 is 1.26 bits per heavy atom. The molecule has 0 unspecified atom stereocenters. The molecule has 27 heavy (non-hydrogen) atoms. The first-order valence-electron chi connectivity index (χ1n) is 8.86. The van der Waals surface area contributed by atoms with Crippen LogP contribution in [0.2, 0.25) is 5.02 Å². The number of rotatable bonds is 6. The van der Waals surface area contributed by atoms with Crippen LogP contribution in [0.15, 0.2) is 42.7 Å². The number of carbonyl (C=O) groups is 1. The molecule has 2 aromatic rings. The first-order chi connectivity index (χ1) is 13.0. The Hall–Kier alpha value is -2.51. The number of nitrogens with one attached hydrogen (secondary N) is 1. The van der Waals surface area contributed by atoms with Crippen molar-refractivity contribution >= 4 is 23.2 Å². The van der Waals surface area contributed by atoms with Crippen molar-refractivity contribution in [2.75, 3.05) is 19.6 Å². The van der Waals surface area contributed by atoms with Gasteiger partial charge in [0.05, 0.1) is 15.5 Å². The molecule has 1 aliphatic rings. The zero-order valence-corrected chi connectivity index (χ0v) is 15.6. The zero-order valence-electron chi connectivity index (χ0n) is 14.8. The molecule has 8 heteroatoms. The predicted octanol–water partition coefficient (Wildman–Crippen LogP) is 3.29. The van der Waals surface area contributed by atoms with E-state index in [0.717, 1.165) is 32.5 Å². The fourth-order valence-electron chi connectivity index (χ4n) is 3.23. The molecule has 1 amide bonds. The van der Waals surface area contributed by atoms with E-state index in [4.69, 9.17) is 11.6 Å². The van der Waals surface area contributed by atoms with Crippen LogP contribution < -0.4 is 5.32 Å². The second kappa shape index (κ2) is 8.92. The molecular weight excluding hydrogens is 368 g/mol. The number of nitrogens with zero attached hydrogens (tertiary/aromatic N) is 3. The maximum atomic E-state index is 12.4. The molecule has 1 N–H and O–H groups in total. The minimum atomic E-state index is -0.536. The number of aromatic nitrogens is 1. The van der Waals surface area contributed by atoms with Crippen LogP contribution in [0.3, 0.4) is 0 Å². The molecule has 142 valence electrons. The van der Waals surface area contributed by atoms with Crippen molar-refractivity contribution in [3.8, 4) is 0 Å². The zero-order chi connectivity index (χ0) is 19.2. The highest BCUT2D eigenvalue weighted by atomic mass is 35.5. The van der Waals surface area contributed by atoms with Crippen molar-refractivity contribution in [1.82, 2.24) is 15.2 Å². The van der Waals surface area contributed by atoms with Gasteiger partial charge < -0.3 is 5.32 Å². The fourth-order valence-corrected chi connectivity index (χ4v) is 3.43. The van der Waals surface area contributed by atoms with Gasteiger partial charge in [0, 0.05) is 37.6 Å². The molecule has 2 heterocycles. The number of likely N-dealkylation sites (tertiary alicyclic amines) is 1. The molecule has 0 radical (unpaired) electrons. The van der Waals surface area contributed by atoms with Gasteiger partial charge in [-0.1, -0.05) is 11.6 Å². The standard InChI is InChI=1S/C19H21ClN4O3/c20-18-2-1-16(24(26)27)11-17(18)19(25)22-12-14-5-9-23(10-6-14)13-15-3-7-21-8-4-15/h1-4,7-8,11,14H,5-6,9-10,12-13H2,(H,22,25). The summed E-state index contributed by atoms with van der Waals surface area (Å²) in [5.74, 6) is 0.0167. The number of non-ortho nitro benzene ring substituents is 1. The summed E-state index contributed by atoms with van der Waals surface area (Å²) in [6, 6.07) is 7.93. The van der Waals surface area contributed by atoms with Gasteiger partial charge in [0.2, 0.25) is 0 Å². The van der Waals surface area contributed by atoms with Crippen molar-refractivity contribution in [2.45, 2.75) is 19.4 Å². The molecule has 0 spiro atoms. The van der Waals surface area contributed by atoms with E-state index >= 15 is 0 Å². The van der Waals surface area contributed by atoms with Crippen molar-refractivity contribution in [3.05, 3.63) is 69.0 Å². The van der Waals surface area contributed by atoms with E-state index in [1.807, 2.05) is 12.1 Å². The minimum absolute atomic E-state index is 0.140. The molecule has 0 saturated carbocycles. The van der Waals surface area contributed by atoms with E-state index < -0.39 is 4.92 Å². The average molecular weight is 389 g/mol. The third-order valence-corrected chi connectivity index (χ3v) is 5.15. The Morgan fingerprint density at radius 2 is 1.96 bits per heavy atom. The maximum Gasteiger partial charge on any atom is 0.270 e. The summed E-state index contributed by atoms with van der Waals surface area (Å²) in [6.45, 7) is 3.40. The predicted molar refractivity (Wildman–Crippen MR) is 103 cm³/mol. The van der Waals surface area contributed by atoms with Crippen LogP contribution in [-0.2, 0) is 6.54 Å². The maximum absolute atomic E-state index is 12.4. The van der Waals surface area contributed by atoms with Crippen LogP contribution in [0.5, 0.6) is 0 Å². The van der Waals surface area contributed by atoms with E-state index in [1.54, 1.807) is 12.4 Å². The van der Waals surface area contributed by atoms with Crippen molar-refractivity contribution in [3.63, 3.8) is 0 Å². The Morgan fingerprint density at radius 3 is 2.63 bits per heavy atom. The largest absolute Gasteiger partial charge is 0.352 e. The Kier molecular flexibility index (Phi) is 6.36. The van der Waals surface area contributed by atoms with Gasteiger partial charge in [-0.2, -0.15) is 0 Å². The van der Waals surface area contributed by atoms with Gasteiger partial charge in [0.1, 0.15) is 0 Å². The van der Waals surface area contributed by atoms with Crippen molar-refractivity contribution in [1.29, 1.82) is 0 Å². The van der Waals surface area contributed by atoms with Crippen molar-refractivity contribution in [2.24, 2.45) is 5.92 Å². The number of carbonyl (C=O) groups excluding carboxylic acids is 1. The van der Waals surface area contributed by atoms with Gasteiger partial charge >= 0.3 is 0 Å². The van der Waals surface area contributed by atoms with Crippen LogP contribution in [0.4, 0.5) is 5.69 Å². The van der Waals surface area contributed by atoms with E-state index in [2.05, 4.69) is 15.2 Å². The number of hydrogen-bond acceptors (Lipinski definition) is 5. The van der Waals surface area contributed by atoms with Gasteiger partial charge in [0.15, 0.2) is 0 Å². The number of nitro groups is 1. The number of halogens is 1. The van der Waals surface area contributed by atoms with E-state index in [9.17, 15) is 14.9 Å². The van der Waals surface area contributed by atoms with Gasteiger partial charge in [-0.3, -0.25) is 24.8 Å². The van der Waals surface area contributed by atoms with E-state index in [0.29, 0.717) is 12.5 Å². The molecule has 1 saturated heterocycles. The van der Waals surface area contributed by atoms with Gasteiger partial charge in [-0.25, -0.2) is 0 Å². The molecule has 1 fully saturated rings. The van der Waals surface area contributed by atoms with Crippen LogP contribution >= 0.6 is 11.6 Å². The number of amides is 1. The summed E-state index contributed by atoms with van der Waals surface area (Å²) in [6.07, 6.45) is 5.59. The van der Waals surface area contributed by atoms with E-state index in [-0.39, 0.29) is 22.2 Å². The van der Waals surface area contributed by atoms with Crippen LogP contribution in [-0.4, -0.2) is 40.3 Å². The summed E-state index contributed by atoms with van der Waals surface area (Å²) >= 11 is 6.02. The summed E-state index contributed by atoms with van der Waals surface area (Å²) in [4.78, 5) is 29.1. The summed E-state index contributed by atoms with van der Waals surface area (Å²) < 4.78 is 0. The van der Waals surface area contributed by atoms with Gasteiger partial charge in [-0.15, -0.1) is 0 Å². The van der Waals surface area contributed by atoms with Crippen LogP contribution in [0.25, 0.3) is 0 Å². The van der Waals surface area contributed by atoms with Crippen LogP contribution in [0, 0.1) is 16.0 Å². The number of piperidine rings is 1. The Balaban J connectivity index is 1.48. The number of benzene rings is 1. The topological polar surface area (TPSA) is 88.4 Å². The molecule has 1 aromatic carbocycles.